The molecule has 3 atom stereocenters. The standard InChI is InChI=1S/C18H20N2O.C4H6O6.H2O/c19-17(21)18(16-11-12-20-13-16,14-7-3-1-4-8-14)15-9-5-2-6-10-15;5-1(3(7)8)2(6)4(9)10;/h1-10,16,20H,11-13H2,(H2,19,21);1-2,5-6H,(H,7,8)(H,9,10);1H2/t16-;1-,2-;/m11./s1. The van der Waals surface area contributed by atoms with Crippen LogP contribution in [0, 0.1) is 5.92 Å². The fraction of sp³-hybridized carbons (Fsp3) is 0.318. The molecule has 0 unspecified atom stereocenters. The lowest BCUT2D eigenvalue weighted by atomic mass is 9.65. The molecule has 1 saturated heterocycles. The van der Waals surface area contributed by atoms with Gasteiger partial charge in [-0.1, -0.05) is 60.7 Å². The smallest absolute Gasteiger partial charge is 0.335 e. The molecule has 9 N–H and O–H groups in total. The van der Waals surface area contributed by atoms with Crippen LogP contribution in [0.5, 0.6) is 0 Å². The van der Waals surface area contributed by atoms with Crippen LogP contribution in [0.2, 0.25) is 0 Å². The van der Waals surface area contributed by atoms with Crippen molar-refractivity contribution in [2.45, 2.75) is 24.0 Å². The average molecular weight is 448 g/mol. The highest BCUT2D eigenvalue weighted by molar-refractivity contribution is 5.91. The number of carboxylic acid groups (broad SMARTS) is 2. The zero-order valence-electron chi connectivity index (χ0n) is 17.2. The van der Waals surface area contributed by atoms with Crippen LogP contribution in [0.1, 0.15) is 17.5 Å². The minimum absolute atomic E-state index is 0. The maximum absolute atomic E-state index is 12.6. The molecule has 1 aliphatic heterocycles. The van der Waals surface area contributed by atoms with Gasteiger partial charge in [-0.15, -0.1) is 0 Å². The number of hydrogen-bond acceptors (Lipinski definition) is 6. The van der Waals surface area contributed by atoms with E-state index in [4.69, 9.17) is 26.2 Å². The van der Waals surface area contributed by atoms with Crippen LogP contribution in [0.15, 0.2) is 60.7 Å². The summed E-state index contributed by atoms with van der Waals surface area (Å²) >= 11 is 0. The van der Waals surface area contributed by atoms with Crippen molar-refractivity contribution in [3.63, 3.8) is 0 Å². The van der Waals surface area contributed by atoms with Gasteiger partial charge in [0.1, 0.15) is 5.41 Å². The third kappa shape index (κ3) is 5.68. The van der Waals surface area contributed by atoms with E-state index in [1.165, 1.54) is 0 Å². The summed E-state index contributed by atoms with van der Waals surface area (Å²) in [4.78, 5) is 32.1. The number of rotatable bonds is 7. The Labute approximate surface area is 184 Å². The van der Waals surface area contributed by atoms with Crippen LogP contribution in [-0.2, 0) is 19.8 Å². The molecule has 0 aromatic heterocycles. The van der Waals surface area contributed by atoms with Crippen molar-refractivity contribution in [2.75, 3.05) is 13.1 Å². The van der Waals surface area contributed by atoms with E-state index in [1.807, 2.05) is 60.7 Å². The molecule has 10 heteroatoms. The molecule has 1 aliphatic rings. The van der Waals surface area contributed by atoms with Gasteiger partial charge in [0.25, 0.3) is 0 Å². The van der Waals surface area contributed by atoms with Crippen molar-refractivity contribution in [2.24, 2.45) is 11.7 Å². The van der Waals surface area contributed by atoms with Crippen LogP contribution < -0.4 is 11.1 Å². The van der Waals surface area contributed by atoms with E-state index in [2.05, 4.69) is 5.32 Å². The Hall–Kier alpha value is -3.31. The number of primary amides is 1. The van der Waals surface area contributed by atoms with Crippen molar-refractivity contribution in [1.82, 2.24) is 5.32 Å². The first kappa shape index (κ1) is 26.7. The number of carbonyl (C=O) groups is 3. The number of aliphatic hydroxyl groups is 2. The molecule has 2 aromatic rings. The molecule has 0 saturated carbocycles. The molecule has 2 aromatic carbocycles. The SMILES string of the molecule is NC(=O)C(c1ccccc1)(c1ccccc1)[C@@H]1CCNC1.O.O=C(O)[C@H](O)[C@@H](O)C(=O)O. The van der Waals surface area contributed by atoms with E-state index in [-0.39, 0.29) is 17.3 Å². The van der Waals surface area contributed by atoms with E-state index < -0.39 is 29.6 Å². The van der Waals surface area contributed by atoms with Gasteiger partial charge < -0.3 is 37.0 Å². The molecule has 174 valence electrons. The fourth-order valence-electron chi connectivity index (χ4n) is 3.82. The molecule has 0 bridgehead atoms. The Bertz CT molecular complexity index is 828. The van der Waals surface area contributed by atoms with Gasteiger partial charge in [0.05, 0.1) is 0 Å². The fourth-order valence-corrected chi connectivity index (χ4v) is 3.82. The Morgan fingerprint density at radius 1 is 0.875 bits per heavy atom. The lowest BCUT2D eigenvalue weighted by Gasteiger charge is -2.37. The first-order valence-electron chi connectivity index (χ1n) is 9.66. The zero-order chi connectivity index (χ0) is 23.0. The monoisotopic (exact) mass is 448 g/mol. The molecule has 32 heavy (non-hydrogen) atoms. The summed E-state index contributed by atoms with van der Waals surface area (Å²) in [6.07, 6.45) is -3.58. The maximum atomic E-state index is 12.6. The summed E-state index contributed by atoms with van der Waals surface area (Å²) in [5, 5.41) is 35.9. The number of amides is 1. The lowest BCUT2D eigenvalue weighted by Crippen LogP contribution is -2.49. The average Bonchev–Trinajstić information content (AvgIpc) is 3.30. The summed E-state index contributed by atoms with van der Waals surface area (Å²) in [6, 6.07) is 19.9. The number of benzene rings is 2. The number of aliphatic carboxylic acids is 2. The van der Waals surface area contributed by atoms with E-state index in [0.717, 1.165) is 30.6 Å². The lowest BCUT2D eigenvalue weighted by molar-refractivity contribution is -0.165. The first-order chi connectivity index (χ1) is 14.7. The van der Waals surface area contributed by atoms with Crippen molar-refractivity contribution in [3.8, 4) is 0 Å². The Morgan fingerprint density at radius 2 is 1.28 bits per heavy atom. The largest absolute Gasteiger partial charge is 0.479 e. The van der Waals surface area contributed by atoms with Gasteiger partial charge in [0.2, 0.25) is 5.91 Å². The number of nitrogens with two attached hydrogens (primary N) is 1. The van der Waals surface area contributed by atoms with Gasteiger partial charge in [0, 0.05) is 0 Å². The van der Waals surface area contributed by atoms with Crippen LogP contribution in [0.4, 0.5) is 0 Å². The van der Waals surface area contributed by atoms with Crippen molar-refractivity contribution in [3.05, 3.63) is 71.8 Å². The van der Waals surface area contributed by atoms with Gasteiger partial charge in [0.15, 0.2) is 12.2 Å². The number of carboxylic acids is 2. The third-order valence-corrected chi connectivity index (χ3v) is 5.32. The van der Waals surface area contributed by atoms with Crippen LogP contribution in [0.3, 0.4) is 0 Å². The minimum Gasteiger partial charge on any atom is -0.479 e. The van der Waals surface area contributed by atoms with Gasteiger partial charge in [-0.2, -0.15) is 0 Å². The van der Waals surface area contributed by atoms with Crippen LogP contribution in [-0.4, -0.2) is 69.0 Å². The number of hydrogen-bond donors (Lipinski definition) is 6. The van der Waals surface area contributed by atoms with Crippen LogP contribution >= 0.6 is 0 Å². The Balaban J connectivity index is 0.000000400. The minimum atomic E-state index is -2.27. The first-order valence-corrected chi connectivity index (χ1v) is 9.66. The molecular weight excluding hydrogens is 420 g/mol. The molecular formula is C22H28N2O8. The van der Waals surface area contributed by atoms with E-state index in [1.54, 1.807) is 0 Å². The summed E-state index contributed by atoms with van der Waals surface area (Å²) < 4.78 is 0. The number of carbonyl (C=O) groups excluding carboxylic acids is 1. The molecule has 10 nitrogen and oxygen atoms in total. The third-order valence-electron chi connectivity index (χ3n) is 5.32. The maximum Gasteiger partial charge on any atom is 0.335 e. The topological polar surface area (TPSA) is 202 Å². The van der Waals surface area contributed by atoms with Gasteiger partial charge in [-0.05, 0) is 36.6 Å². The summed E-state index contributed by atoms with van der Waals surface area (Å²) in [6.45, 7) is 1.74. The normalized spacial score (nSPS) is 17.1. The molecule has 3 rings (SSSR count). The highest BCUT2D eigenvalue weighted by Gasteiger charge is 2.48. The second-order valence-corrected chi connectivity index (χ2v) is 7.16. The number of nitrogens with one attached hydrogen (secondary N) is 1. The quantitative estimate of drug-likeness (QED) is 0.313. The van der Waals surface area contributed by atoms with Gasteiger partial charge >= 0.3 is 11.9 Å². The summed E-state index contributed by atoms with van der Waals surface area (Å²) in [7, 11) is 0. The predicted molar refractivity (Wildman–Crippen MR) is 115 cm³/mol. The van der Waals surface area contributed by atoms with Gasteiger partial charge in [-0.25, -0.2) is 9.59 Å². The van der Waals surface area contributed by atoms with Gasteiger partial charge in [-0.3, -0.25) is 4.79 Å². The predicted octanol–water partition coefficient (Wildman–Crippen LogP) is -0.880. The Kier molecular flexibility index (Phi) is 9.95. The van der Waals surface area contributed by atoms with Crippen molar-refractivity contribution in [1.29, 1.82) is 0 Å². The van der Waals surface area contributed by atoms with E-state index >= 15 is 0 Å². The van der Waals surface area contributed by atoms with Crippen molar-refractivity contribution < 1.29 is 40.3 Å². The Morgan fingerprint density at radius 3 is 1.56 bits per heavy atom. The highest BCUT2D eigenvalue weighted by Crippen LogP contribution is 2.41. The molecule has 1 fully saturated rings. The summed E-state index contributed by atoms with van der Waals surface area (Å²) in [5.74, 6) is -3.63. The van der Waals surface area contributed by atoms with Crippen LogP contribution in [0.25, 0.3) is 0 Å². The highest BCUT2D eigenvalue weighted by atomic mass is 16.4. The van der Waals surface area contributed by atoms with Crippen molar-refractivity contribution >= 4 is 17.8 Å². The second-order valence-electron chi connectivity index (χ2n) is 7.16. The molecule has 1 heterocycles. The zero-order valence-corrected chi connectivity index (χ0v) is 17.2. The molecule has 1 amide bonds. The summed E-state index contributed by atoms with van der Waals surface area (Å²) in [5.41, 5.74) is 7.16. The van der Waals surface area contributed by atoms with E-state index in [0.29, 0.717) is 0 Å². The molecule has 0 aliphatic carbocycles. The van der Waals surface area contributed by atoms with E-state index in [9.17, 15) is 14.4 Å². The second kappa shape index (κ2) is 11.9. The molecule has 0 spiro atoms. The molecule has 0 radical (unpaired) electrons. The number of aliphatic hydroxyl groups excluding tert-OH is 2.